The van der Waals surface area contributed by atoms with Gasteiger partial charge in [-0.15, -0.1) is 0 Å². The summed E-state index contributed by atoms with van der Waals surface area (Å²) in [4.78, 5) is 0. The molecule has 0 aromatic heterocycles. The van der Waals surface area contributed by atoms with Gasteiger partial charge in [-0.3, -0.25) is 0 Å². The van der Waals surface area contributed by atoms with Crippen molar-refractivity contribution in [2.45, 2.75) is 71.1 Å². The van der Waals surface area contributed by atoms with Gasteiger partial charge in [0.2, 0.25) is 0 Å². The molecule has 0 spiro atoms. The van der Waals surface area contributed by atoms with Crippen LogP contribution in [0, 0.1) is 5.92 Å². The first-order valence-corrected chi connectivity index (χ1v) is 8.48. The van der Waals surface area contributed by atoms with E-state index in [0.29, 0.717) is 5.92 Å². The van der Waals surface area contributed by atoms with Crippen LogP contribution in [0.1, 0.15) is 76.7 Å². The number of ether oxygens (including phenoxy) is 1. The summed E-state index contributed by atoms with van der Waals surface area (Å²) in [5.41, 5.74) is 1.37. The third-order valence-electron chi connectivity index (χ3n) is 4.52. The van der Waals surface area contributed by atoms with E-state index in [1.54, 1.807) is 0 Å². The minimum atomic E-state index is 0.574. The second-order valence-corrected chi connectivity index (χ2v) is 6.58. The van der Waals surface area contributed by atoms with E-state index in [9.17, 15) is 0 Å². The van der Waals surface area contributed by atoms with E-state index in [1.807, 2.05) is 0 Å². The van der Waals surface area contributed by atoms with Crippen molar-refractivity contribution in [3.8, 4) is 5.75 Å². The third-order valence-corrected chi connectivity index (χ3v) is 4.52. The van der Waals surface area contributed by atoms with Crippen molar-refractivity contribution in [2.24, 2.45) is 5.92 Å². The molecule has 0 bridgehead atoms. The summed E-state index contributed by atoms with van der Waals surface area (Å²) in [5.74, 6) is 2.62. The fourth-order valence-corrected chi connectivity index (χ4v) is 3.16. The van der Waals surface area contributed by atoms with E-state index >= 15 is 0 Å². The van der Waals surface area contributed by atoms with Gasteiger partial charge in [0.05, 0.1) is 6.61 Å². The minimum absolute atomic E-state index is 0.574. The Bertz CT molecular complexity index is 377. The van der Waals surface area contributed by atoms with Crippen molar-refractivity contribution in [2.75, 3.05) is 6.61 Å². The van der Waals surface area contributed by atoms with Gasteiger partial charge in [0.25, 0.3) is 0 Å². The minimum Gasteiger partial charge on any atom is -0.494 e. The average Bonchev–Trinajstić information content (AvgIpc) is 2.48. The predicted octanol–water partition coefficient (Wildman–Crippen LogP) is 5.94. The molecule has 0 heterocycles. The summed E-state index contributed by atoms with van der Waals surface area (Å²) in [6, 6.07) is 8.55. The van der Waals surface area contributed by atoms with Crippen LogP contribution in [0.5, 0.6) is 5.75 Å². The van der Waals surface area contributed by atoms with Crippen molar-refractivity contribution in [3.05, 3.63) is 29.8 Å². The molecule has 1 aliphatic carbocycles. The van der Waals surface area contributed by atoms with E-state index in [1.165, 1.54) is 56.9 Å². The fourth-order valence-electron chi connectivity index (χ4n) is 3.16. The first-order valence-electron chi connectivity index (χ1n) is 8.48. The van der Waals surface area contributed by atoms with E-state index in [2.05, 4.69) is 38.1 Å². The van der Waals surface area contributed by atoms with Gasteiger partial charge in [-0.2, -0.15) is 0 Å². The maximum atomic E-state index is 5.89. The Morgan fingerprint density at radius 2 is 1.90 bits per heavy atom. The molecule has 20 heavy (non-hydrogen) atoms. The molecule has 0 N–H and O–H groups in total. The van der Waals surface area contributed by atoms with Crippen LogP contribution in [0.4, 0.5) is 0 Å². The molecule has 112 valence electrons. The van der Waals surface area contributed by atoms with Crippen molar-refractivity contribution in [1.82, 2.24) is 0 Å². The molecular weight excluding hydrogens is 244 g/mol. The number of hydrogen-bond acceptors (Lipinski definition) is 1. The molecule has 0 unspecified atom stereocenters. The summed E-state index contributed by atoms with van der Waals surface area (Å²) in [5, 5.41) is 0. The maximum Gasteiger partial charge on any atom is 0.119 e. The van der Waals surface area contributed by atoms with Crippen LogP contribution >= 0.6 is 0 Å². The van der Waals surface area contributed by atoms with Crippen molar-refractivity contribution >= 4 is 0 Å². The maximum absolute atomic E-state index is 5.89. The van der Waals surface area contributed by atoms with Crippen molar-refractivity contribution in [3.63, 3.8) is 0 Å². The number of hydrogen-bond donors (Lipinski definition) is 0. The molecule has 1 saturated carbocycles. The van der Waals surface area contributed by atoms with Gasteiger partial charge in [-0.25, -0.2) is 0 Å². The summed E-state index contributed by atoms with van der Waals surface area (Å²) in [6.45, 7) is 5.32. The van der Waals surface area contributed by atoms with Gasteiger partial charge in [-0.05, 0) is 42.4 Å². The highest BCUT2D eigenvalue weighted by atomic mass is 16.5. The van der Waals surface area contributed by atoms with Crippen LogP contribution in [-0.2, 0) is 0 Å². The van der Waals surface area contributed by atoms with Gasteiger partial charge in [0, 0.05) is 0 Å². The van der Waals surface area contributed by atoms with Gasteiger partial charge >= 0.3 is 0 Å². The van der Waals surface area contributed by atoms with Gasteiger partial charge < -0.3 is 4.74 Å². The first kappa shape index (κ1) is 15.4. The Morgan fingerprint density at radius 1 is 1.10 bits per heavy atom. The fraction of sp³-hybridized carbons (Fsp3) is 0.684. The predicted molar refractivity (Wildman–Crippen MR) is 86.5 cm³/mol. The van der Waals surface area contributed by atoms with Crippen molar-refractivity contribution < 1.29 is 4.74 Å². The summed E-state index contributed by atoms with van der Waals surface area (Å²) in [7, 11) is 0. The normalized spacial score (nSPS) is 16.6. The third kappa shape index (κ3) is 5.19. The Kier molecular flexibility index (Phi) is 6.42. The molecule has 1 aromatic carbocycles. The Morgan fingerprint density at radius 3 is 2.65 bits per heavy atom. The Hall–Kier alpha value is -0.980. The van der Waals surface area contributed by atoms with E-state index < -0.39 is 0 Å². The van der Waals surface area contributed by atoms with Crippen LogP contribution < -0.4 is 4.74 Å². The lowest BCUT2D eigenvalue weighted by atomic mass is 9.86. The average molecular weight is 274 g/mol. The number of benzene rings is 1. The smallest absolute Gasteiger partial charge is 0.119 e. The summed E-state index contributed by atoms with van der Waals surface area (Å²) >= 11 is 0. The second-order valence-electron chi connectivity index (χ2n) is 6.58. The molecule has 2 rings (SSSR count). The quantitative estimate of drug-likeness (QED) is 0.559. The van der Waals surface area contributed by atoms with Crippen LogP contribution in [0.2, 0.25) is 0 Å². The van der Waals surface area contributed by atoms with Gasteiger partial charge in [-0.1, -0.05) is 64.5 Å². The van der Waals surface area contributed by atoms with Gasteiger partial charge in [0.15, 0.2) is 0 Å². The molecule has 0 aliphatic heterocycles. The van der Waals surface area contributed by atoms with Crippen LogP contribution in [-0.4, -0.2) is 6.61 Å². The van der Waals surface area contributed by atoms with E-state index in [0.717, 1.165) is 18.3 Å². The molecule has 1 heteroatoms. The molecule has 0 saturated heterocycles. The topological polar surface area (TPSA) is 9.23 Å². The molecule has 1 fully saturated rings. The highest BCUT2D eigenvalue weighted by Gasteiger charge is 2.12. The molecule has 0 atom stereocenters. The van der Waals surface area contributed by atoms with Gasteiger partial charge in [0.1, 0.15) is 5.75 Å². The van der Waals surface area contributed by atoms with Crippen LogP contribution in [0.15, 0.2) is 24.3 Å². The second kappa shape index (κ2) is 8.34. The molecule has 0 amide bonds. The lowest BCUT2D eigenvalue weighted by Crippen LogP contribution is -2.07. The molecule has 1 nitrogen and oxygen atoms in total. The number of unbranched alkanes of at least 4 members (excludes halogenated alkanes) is 1. The highest BCUT2D eigenvalue weighted by Crippen LogP contribution is 2.27. The lowest BCUT2D eigenvalue weighted by Gasteiger charge is -2.21. The zero-order chi connectivity index (χ0) is 14.2. The zero-order valence-corrected chi connectivity index (χ0v) is 13.2. The van der Waals surface area contributed by atoms with Crippen molar-refractivity contribution in [1.29, 1.82) is 0 Å². The Labute approximate surface area is 124 Å². The molecule has 0 radical (unpaired) electrons. The summed E-state index contributed by atoms with van der Waals surface area (Å²) in [6.07, 6.45) is 11.3. The monoisotopic (exact) mass is 274 g/mol. The SMILES string of the molecule is CC(C)c1cccc(OCCCCC2CCCCC2)c1. The largest absolute Gasteiger partial charge is 0.494 e. The zero-order valence-electron chi connectivity index (χ0n) is 13.2. The Balaban J connectivity index is 1.61. The van der Waals surface area contributed by atoms with E-state index in [4.69, 9.17) is 4.74 Å². The first-order chi connectivity index (χ1) is 9.75. The summed E-state index contributed by atoms with van der Waals surface area (Å²) < 4.78 is 5.89. The van der Waals surface area contributed by atoms with Crippen LogP contribution in [0.3, 0.4) is 0 Å². The lowest BCUT2D eigenvalue weighted by molar-refractivity contribution is 0.283. The highest BCUT2D eigenvalue weighted by molar-refractivity contribution is 5.30. The standard InChI is InChI=1S/C19H30O/c1-16(2)18-12-8-13-19(15-18)20-14-7-6-11-17-9-4-3-5-10-17/h8,12-13,15-17H,3-7,9-11,14H2,1-2H3. The van der Waals surface area contributed by atoms with E-state index in [-0.39, 0.29) is 0 Å². The van der Waals surface area contributed by atoms with Crippen LogP contribution in [0.25, 0.3) is 0 Å². The number of rotatable bonds is 7. The molecule has 1 aliphatic rings. The molecule has 1 aromatic rings. The molecular formula is C19H30O.